The number of para-hydroxylation sites is 1. The van der Waals surface area contributed by atoms with E-state index in [4.69, 9.17) is 4.74 Å². The molecular weight excluding hydrogens is 368 g/mol. The fourth-order valence-corrected chi connectivity index (χ4v) is 3.85. The van der Waals surface area contributed by atoms with Crippen molar-refractivity contribution in [3.05, 3.63) is 74.6 Å². The fourth-order valence-electron chi connectivity index (χ4n) is 2.20. The Morgan fingerprint density at radius 1 is 0.923 bits per heavy atom. The molecule has 2 amide bonds. The Balaban J connectivity index is 1.37. The first-order chi connectivity index (χ1) is 12.7. The largest absolute Gasteiger partial charge is 0.492 e. The molecule has 2 aromatic heterocycles. The van der Waals surface area contributed by atoms with Gasteiger partial charge in [0, 0.05) is 4.88 Å². The minimum atomic E-state index is -0.263. The topological polar surface area (TPSA) is 67.4 Å². The van der Waals surface area contributed by atoms with E-state index in [9.17, 15) is 9.59 Å². The number of benzene rings is 1. The van der Waals surface area contributed by atoms with Crippen LogP contribution in [0.25, 0.3) is 0 Å². The van der Waals surface area contributed by atoms with Crippen molar-refractivity contribution in [1.82, 2.24) is 10.6 Å². The summed E-state index contributed by atoms with van der Waals surface area (Å²) in [5.41, 5.74) is 0. The molecule has 2 heterocycles. The third kappa shape index (κ3) is 5.18. The lowest BCUT2D eigenvalue weighted by Crippen LogP contribution is -2.37. The number of amides is 2. The fraction of sp³-hybridized carbons (Fsp3) is 0.158. The predicted octanol–water partition coefficient (Wildman–Crippen LogP) is 3.92. The third-order valence-corrected chi connectivity index (χ3v) is 5.41. The third-order valence-electron chi connectivity index (χ3n) is 3.45. The van der Waals surface area contributed by atoms with Crippen LogP contribution in [0.3, 0.4) is 0 Å². The van der Waals surface area contributed by atoms with Gasteiger partial charge in [-0.25, -0.2) is 4.79 Å². The zero-order valence-corrected chi connectivity index (χ0v) is 15.6. The number of carbonyl (C=O) groups is 2. The second-order valence-electron chi connectivity index (χ2n) is 5.34. The van der Waals surface area contributed by atoms with Crippen LogP contribution in [-0.4, -0.2) is 25.0 Å². The van der Waals surface area contributed by atoms with Crippen molar-refractivity contribution in [3.63, 3.8) is 0 Å². The predicted molar refractivity (Wildman–Crippen MR) is 104 cm³/mol. The highest BCUT2D eigenvalue weighted by Gasteiger charge is 2.13. The highest BCUT2D eigenvalue weighted by Crippen LogP contribution is 2.22. The zero-order valence-electron chi connectivity index (χ0n) is 13.9. The molecule has 3 rings (SSSR count). The van der Waals surface area contributed by atoms with E-state index in [1.165, 1.54) is 22.7 Å². The maximum absolute atomic E-state index is 12.3. The molecule has 134 valence electrons. The van der Waals surface area contributed by atoms with Crippen LogP contribution in [-0.2, 0) is 6.54 Å². The molecule has 0 aliphatic carbocycles. The van der Waals surface area contributed by atoms with Gasteiger partial charge in [-0.15, -0.1) is 22.7 Å². The maximum atomic E-state index is 12.3. The lowest BCUT2D eigenvalue weighted by Gasteiger charge is -2.08. The highest BCUT2D eigenvalue weighted by atomic mass is 32.1. The molecule has 7 heteroatoms. The molecule has 0 aliphatic heterocycles. The molecule has 0 saturated carbocycles. The number of rotatable bonds is 8. The summed E-state index contributed by atoms with van der Waals surface area (Å²) in [4.78, 5) is 26.4. The van der Waals surface area contributed by atoms with Gasteiger partial charge in [0.1, 0.15) is 12.4 Å². The van der Waals surface area contributed by atoms with Crippen LogP contribution in [0.1, 0.15) is 19.4 Å². The van der Waals surface area contributed by atoms with Gasteiger partial charge in [0.25, 0.3) is 0 Å². The van der Waals surface area contributed by atoms with Crippen LogP contribution in [0.4, 0.5) is 4.79 Å². The first kappa shape index (κ1) is 18.2. The van der Waals surface area contributed by atoms with Crippen LogP contribution in [0.5, 0.6) is 5.75 Å². The van der Waals surface area contributed by atoms with Crippen LogP contribution < -0.4 is 15.4 Å². The number of ether oxygens (including phenoxy) is 1. The average molecular weight is 386 g/mol. The van der Waals surface area contributed by atoms with Crippen LogP contribution in [0, 0.1) is 0 Å². The van der Waals surface area contributed by atoms with Gasteiger partial charge in [0.15, 0.2) is 0 Å². The summed E-state index contributed by atoms with van der Waals surface area (Å²) < 4.78 is 5.51. The van der Waals surface area contributed by atoms with Crippen molar-refractivity contribution in [2.45, 2.75) is 6.54 Å². The van der Waals surface area contributed by atoms with Crippen molar-refractivity contribution in [1.29, 1.82) is 0 Å². The van der Waals surface area contributed by atoms with Gasteiger partial charge in [-0.2, -0.15) is 0 Å². The quantitative estimate of drug-likeness (QED) is 0.455. The van der Waals surface area contributed by atoms with E-state index >= 15 is 0 Å². The minimum Gasteiger partial charge on any atom is -0.492 e. The molecule has 0 atom stereocenters. The Bertz CT molecular complexity index is 845. The van der Waals surface area contributed by atoms with Crippen LogP contribution in [0.2, 0.25) is 0 Å². The molecular formula is C19H18N2O3S2. The standard InChI is InChI=1S/C19H18N2O3S2/c22-18(16-7-4-12-25-16)17-9-8-15(26-17)13-21-19(23)20-10-11-24-14-5-2-1-3-6-14/h1-9,12H,10-11,13H2,(H2,20,21,23). The Labute approximate surface area is 159 Å². The molecule has 1 aromatic carbocycles. The molecule has 3 aromatic rings. The SMILES string of the molecule is O=C(NCCOc1ccccc1)NCc1ccc(C(=O)c2cccs2)s1. The molecule has 0 spiro atoms. The summed E-state index contributed by atoms with van der Waals surface area (Å²) in [6.45, 7) is 1.19. The van der Waals surface area contributed by atoms with Crippen molar-refractivity contribution in [3.8, 4) is 5.75 Å². The van der Waals surface area contributed by atoms with Gasteiger partial charge in [0.05, 0.1) is 22.8 Å². The summed E-state index contributed by atoms with van der Waals surface area (Å²) in [7, 11) is 0. The number of urea groups is 1. The van der Waals surface area contributed by atoms with Gasteiger partial charge in [-0.3, -0.25) is 4.79 Å². The van der Waals surface area contributed by atoms with Crippen molar-refractivity contribution in [2.24, 2.45) is 0 Å². The lowest BCUT2D eigenvalue weighted by atomic mass is 10.3. The number of thiophene rings is 2. The number of hydrogen-bond acceptors (Lipinski definition) is 5. The Morgan fingerprint density at radius 2 is 1.77 bits per heavy atom. The maximum Gasteiger partial charge on any atom is 0.315 e. The molecule has 0 bridgehead atoms. The Hall–Kier alpha value is -2.64. The highest BCUT2D eigenvalue weighted by molar-refractivity contribution is 7.16. The zero-order chi connectivity index (χ0) is 18.2. The van der Waals surface area contributed by atoms with Crippen molar-refractivity contribution in [2.75, 3.05) is 13.2 Å². The van der Waals surface area contributed by atoms with E-state index in [1.807, 2.05) is 53.9 Å². The molecule has 2 N–H and O–H groups in total. The second kappa shape index (κ2) is 9.17. The summed E-state index contributed by atoms with van der Waals surface area (Å²) in [5.74, 6) is 0.801. The molecule has 0 fully saturated rings. The summed E-state index contributed by atoms with van der Waals surface area (Å²) in [6.07, 6.45) is 0. The van der Waals surface area contributed by atoms with Gasteiger partial charge >= 0.3 is 6.03 Å². The molecule has 0 unspecified atom stereocenters. The molecule has 0 aliphatic rings. The number of hydrogen-bond donors (Lipinski definition) is 2. The molecule has 0 radical (unpaired) electrons. The minimum absolute atomic E-state index is 0.0266. The van der Waals surface area contributed by atoms with Crippen molar-refractivity contribution >= 4 is 34.5 Å². The van der Waals surface area contributed by atoms with E-state index in [0.717, 1.165) is 15.5 Å². The van der Waals surface area contributed by atoms with Gasteiger partial charge in [-0.05, 0) is 35.7 Å². The van der Waals surface area contributed by atoms with Gasteiger partial charge in [0.2, 0.25) is 5.78 Å². The van der Waals surface area contributed by atoms with Crippen molar-refractivity contribution < 1.29 is 14.3 Å². The summed E-state index contributed by atoms with van der Waals surface area (Å²) in [5, 5.41) is 7.40. The van der Waals surface area contributed by atoms with Gasteiger partial charge < -0.3 is 15.4 Å². The Morgan fingerprint density at radius 3 is 2.54 bits per heavy atom. The van der Waals surface area contributed by atoms with E-state index in [0.29, 0.717) is 24.6 Å². The first-order valence-corrected chi connectivity index (χ1v) is 9.78. The first-order valence-electron chi connectivity index (χ1n) is 8.09. The molecule has 0 saturated heterocycles. The average Bonchev–Trinajstić information content (AvgIpc) is 3.36. The number of carbonyl (C=O) groups excluding carboxylic acids is 2. The number of ketones is 1. The molecule has 5 nitrogen and oxygen atoms in total. The lowest BCUT2D eigenvalue weighted by molar-refractivity contribution is 0.104. The van der Waals surface area contributed by atoms with E-state index in [2.05, 4.69) is 10.6 Å². The van der Waals surface area contributed by atoms with E-state index < -0.39 is 0 Å². The normalized spacial score (nSPS) is 10.3. The summed E-state index contributed by atoms with van der Waals surface area (Å²) >= 11 is 2.83. The van der Waals surface area contributed by atoms with Crippen LogP contribution >= 0.6 is 22.7 Å². The van der Waals surface area contributed by atoms with E-state index in [-0.39, 0.29) is 11.8 Å². The second-order valence-corrected chi connectivity index (χ2v) is 7.46. The monoisotopic (exact) mass is 386 g/mol. The molecule has 26 heavy (non-hydrogen) atoms. The van der Waals surface area contributed by atoms with E-state index in [1.54, 1.807) is 6.07 Å². The van der Waals surface area contributed by atoms with Crippen LogP contribution in [0.15, 0.2) is 60.0 Å². The smallest absolute Gasteiger partial charge is 0.315 e. The Kier molecular flexibility index (Phi) is 6.40. The summed E-state index contributed by atoms with van der Waals surface area (Å²) in [6, 6.07) is 16.5. The number of nitrogens with one attached hydrogen (secondary N) is 2. The van der Waals surface area contributed by atoms with Gasteiger partial charge in [-0.1, -0.05) is 24.3 Å².